The molecule has 144 valence electrons. The number of likely N-dealkylation sites (tertiary alicyclic amines) is 1. The lowest BCUT2D eigenvalue weighted by Crippen LogP contribution is -2.47. The number of aliphatic imine (C=N–C) groups is 1. The summed E-state index contributed by atoms with van der Waals surface area (Å²) in [6.45, 7) is 1.41. The number of carbonyl (C=O) groups is 2. The monoisotopic (exact) mass is 397 g/mol. The zero-order chi connectivity index (χ0) is 19.7. The Labute approximate surface area is 168 Å². The normalized spacial score (nSPS) is 18.7. The van der Waals surface area contributed by atoms with E-state index in [9.17, 15) is 9.59 Å². The minimum absolute atomic E-state index is 0.0303. The van der Waals surface area contributed by atoms with Crippen molar-refractivity contribution in [3.63, 3.8) is 0 Å². The molecule has 1 atom stereocenters. The highest BCUT2D eigenvalue weighted by atomic mass is 35.5. The summed E-state index contributed by atoms with van der Waals surface area (Å²) < 4.78 is 5.12. The van der Waals surface area contributed by atoms with Gasteiger partial charge < -0.3 is 10.1 Å². The molecule has 2 aromatic carbocycles. The van der Waals surface area contributed by atoms with Crippen LogP contribution in [0.25, 0.3) is 0 Å². The Kier molecular flexibility index (Phi) is 5.15. The number of rotatable bonds is 4. The number of fused-ring (bicyclic) bond motifs is 2. The van der Waals surface area contributed by atoms with Crippen molar-refractivity contribution in [3.05, 3.63) is 53.1 Å². The highest BCUT2D eigenvalue weighted by Gasteiger charge is 2.36. The molecule has 0 aliphatic carbocycles. The molecule has 0 radical (unpaired) electrons. The molecule has 2 aliphatic rings. The Morgan fingerprint density at radius 2 is 2.07 bits per heavy atom. The number of carbonyl (C=O) groups excluding carboxylic acids is 2. The van der Waals surface area contributed by atoms with E-state index in [2.05, 4.69) is 10.3 Å². The molecule has 2 heterocycles. The zero-order valence-electron chi connectivity index (χ0n) is 15.4. The molecule has 1 amide bonds. The summed E-state index contributed by atoms with van der Waals surface area (Å²) >= 11 is 6.04. The van der Waals surface area contributed by atoms with Crippen molar-refractivity contribution in [2.45, 2.75) is 6.42 Å². The van der Waals surface area contributed by atoms with Gasteiger partial charge in [-0.15, -0.1) is 0 Å². The lowest BCUT2D eigenvalue weighted by molar-refractivity contribution is -0.117. The van der Waals surface area contributed by atoms with Gasteiger partial charge in [0, 0.05) is 35.1 Å². The van der Waals surface area contributed by atoms with Gasteiger partial charge in [0.05, 0.1) is 25.3 Å². The number of hydrogen-bond donors (Lipinski definition) is 1. The molecular formula is C21H20ClN3O3. The number of anilines is 1. The molecule has 2 aromatic rings. The lowest BCUT2D eigenvalue weighted by atomic mass is 9.85. The van der Waals surface area contributed by atoms with Crippen molar-refractivity contribution in [2.24, 2.45) is 10.9 Å². The summed E-state index contributed by atoms with van der Waals surface area (Å²) in [5, 5.41) is 3.40. The molecule has 4 rings (SSSR count). The molecule has 0 spiro atoms. The molecule has 1 N–H and O–H groups in total. The first-order valence-electron chi connectivity index (χ1n) is 9.11. The minimum Gasteiger partial charge on any atom is -0.497 e. The number of amides is 1. The smallest absolute Gasteiger partial charge is 0.238 e. The number of nitrogens with zero attached hydrogens (tertiary/aromatic N) is 2. The van der Waals surface area contributed by atoms with Gasteiger partial charge >= 0.3 is 0 Å². The Balaban J connectivity index is 1.41. The number of piperidine rings is 1. The highest BCUT2D eigenvalue weighted by molar-refractivity contribution is 6.31. The van der Waals surface area contributed by atoms with Crippen molar-refractivity contribution in [1.29, 1.82) is 0 Å². The fourth-order valence-electron chi connectivity index (χ4n) is 3.64. The Morgan fingerprint density at radius 1 is 1.29 bits per heavy atom. The fourth-order valence-corrected chi connectivity index (χ4v) is 3.81. The van der Waals surface area contributed by atoms with Crippen LogP contribution in [-0.4, -0.2) is 49.0 Å². The first kappa shape index (κ1) is 18.7. The van der Waals surface area contributed by atoms with Gasteiger partial charge in [0.1, 0.15) is 5.75 Å². The first-order valence-corrected chi connectivity index (χ1v) is 9.49. The minimum atomic E-state index is -0.312. The molecule has 6 nitrogen and oxygen atoms in total. The van der Waals surface area contributed by atoms with E-state index >= 15 is 0 Å². The second kappa shape index (κ2) is 7.73. The van der Waals surface area contributed by atoms with Gasteiger partial charge in [0.15, 0.2) is 5.78 Å². The van der Waals surface area contributed by atoms with Gasteiger partial charge in [-0.3, -0.25) is 19.5 Å². The number of nitrogens with one attached hydrogen (secondary N) is 1. The maximum atomic E-state index is 12.9. The maximum Gasteiger partial charge on any atom is 0.238 e. The van der Waals surface area contributed by atoms with Gasteiger partial charge in [-0.05, 0) is 48.9 Å². The predicted molar refractivity (Wildman–Crippen MR) is 109 cm³/mol. The standard InChI is InChI=1S/C21H20ClN3O3/c1-28-15-5-3-14(4-6-15)23-20(26)12-25-9-8-19-17(11-25)21(27)16-10-13(22)2-7-18(16)24-19/h2-7,10,17H,8-9,11-12H2,1H3,(H,23,26). The highest BCUT2D eigenvalue weighted by Crippen LogP contribution is 2.33. The SMILES string of the molecule is COc1ccc(NC(=O)CN2CCC3=Nc4ccc(Cl)cc4C(=O)C3C2)cc1. The van der Waals surface area contributed by atoms with E-state index < -0.39 is 0 Å². The van der Waals surface area contributed by atoms with Crippen molar-refractivity contribution in [1.82, 2.24) is 4.90 Å². The quantitative estimate of drug-likeness (QED) is 0.856. The van der Waals surface area contributed by atoms with Crippen molar-refractivity contribution in [2.75, 3.05) is 32.1 Å². The van der Waals surface area contributed by atoms with Gasteiger partial charge in [-0.25, -0.2) is 0 Å². The van der Waals surface area contributed by atoms with E-state index in [0.29, 0.717) is 41.5 Å². The molecule has 0 saturated carbocycles. The molecule has 28 heavy (non-hydrogen) atoms. The van der Waals surface area contributed by atoms with Crippen LogP contribution in [0.3, 0.4) is 0 Å². The van der Waals surface area contributed by atoms with Gasteiger partial charge in [-0.1, -0.05) is 11.6 Å². The maximum absolute atomic E-state index is 12.9. The molecular weight excluding hydrogens is 378 g/mol. The third-order valence-corrected chi connectivity index (χ3v) is 5.31. The zero-order valence-corrected chi connectivity index (χ0v) is 16.2. The number of Topliss-reactive ketones (excluding diaryl/α,β-unsaturated/α-hetero) is 1. The molecule has 1 fully saturated rings. The van der Waals surface area contributed by atoms with Gasteiger partial charge in [0.2, 0.25) is 5.91 Å². The lowest BCUT2D eigenvalue weighted by Gasteiger charge is -2.34. The average Bonchev–Trinajstić information content (AvgIpc) is 2.70. The van der Waals surface area contributed by atoms with Gasteiger partial charge in [-0.2, -0.15) is 0 Å². The molecule has 1 saturated heterocycles. The summed E-state index contributed by atoms with van der Waals surface area (Å²) in [4.78, 5) is 32.0. The summed E-state index contributed by atoms with van der Waals surface area (Å²) in [6, 6.07) is 12.4. The molecule has 7 heteroatoms. The van der Waals surface area contributed by atoms with E-state index in [-0.39, 0.29) is 24.2 Å². The van der Waals surface area contributed by atoms with Crippen LogP contribution in [0.5, 0.6) is 5.75 Å². The van der Waals surface area contributed by atoms with Crippen LogP contribution in [0.15, 0.2) is 47.5 Å². The number of ketones is 1. The third-order valence-electron chi connectivity index (χ3n) is 5.07. The van der Waals surface area contributed by atoms with E-state index in [1.165, 1.54) is 0 Å². The number of ether oxygens (including phenoxy) is 1. The van der Waals surface area contributed by atoms with Crippen LogP contribution in [0.2, 0.25) is 5.02 Å². The second-order valence-electron chi connectivity index (χ2n) is 6.94. The predicted octanol–water partition coefficient (Wildman–Crippen LogP) is 3.58. The summed E-state index contributed by atoms with van der Waals surface area (Å²) in [5.41, 5.74) is 2.85. The summed E-state index contributed by atoms with van der Waals surface area (Å²) in [6.07, 6.45) is 0.675. The first-order chi connectivity index (χ1) is 13.5. The van der Waals surface area contributed by atoms with E-state index in [1.807, 2.05) is 4.90 Å². The van der Waals surface area contributed by atoms with E-state index in [1.54, 1.807) is 49.6 Å². The Hall–Kier alpha value is -2.70. The Bertz CT molecular complexity index is 956. The summed E-state index contributed by atoms with van der Waals surface area (Å²) in [7, 11) is 1.60. The van der Waals surface area contributed by atoms with Crippen LogP contribution in [0, 0.1) is 5.92 Å². The molecule has 2 aliphatic heterocycles. The molecule has 1 unspecified atom stereocenters. The van der Waals surface area contributed by atoms with Crippen LogP contribution in [0.4, 0.5) is 11.4 Å². The largest absolute Gasteiger partial charge is 0.497 e. The number of benzene rings is 2. The summed E-state index contributed by atoms with van der Waals surface area (Å²) in [5.74, 6) is 0.338. The van der Waals surface area contributed by atoms with E-state index in [4.69, 9.17) is 16.3 Å². The number of methoxy groups -OCH3 is 1. The van der Waals surface area contributed by atoms with Crippen molar-refractivity contribution < 1.29 is 14.3 Å². The topological polar surface area (TPSA) is 71.0 Å². The van der Waals surface area contributed by atoms with Crippen LogP contribution in [-0.2, 0) is 4.79 Å². The van der Waals surface area contributed by atoms with Crippen molar-refractivity contribution in [3.8, 4) is 5.75 Å². The average molecular weight is 398 g/mol. The van der Waals surface area contributed by atoms with Crippen LogP contribution in [0.1, 0.15) is 16.8 Å². The number of halogens is 1. The molecule has 0 bridgehead atoms. The van der Waals surface area contributed by atoms with Crippen LogP contribution < -0.4 is 10.1 Å². The second-order valence-corrected chi connectivity index (χ2v) is 7.38. The number of hydrogen-bond acceptors (Lipinski definition) is 5. The molecule has 0 aromatic heterocycles. The van der Waals surface area contributed by atoms with E-state index in [0.717, 1.165) is 11.5 Å². The fraction of sp³-hybridized carbons (Fsp3) is 0.286. The third kappa shape index (κ3) is 3.79. The van der Waals surface area contributed by atoms with Crippen molar-refractivity contribution >= 4 is 40.4 Å². The Morgan fingerprint density at radius 3 is 2.82 bits per heavy atom. The van der Waals surface area contributed by atoms with Crippen LogP contribution >= 0.6 is 11.6 Å². The van der Waals surface area contributed by atoms with Gasteiger partial charge in [0.25, 0.3) is 0 Å².